The van der Waals surface area contributed by atoms with Crippen LogP contribution in [-0.4, -0.2) is 58.9 Å². The molecular weight excluding hydrogens is 256 g/mol. The van der Waals surface area contributed by atoms with Gasteiger partial charge in [-0.15, -0.1) is 0 Å². The molecule has 2 rings (SSSR count). The molecule has 2 unspecified atom stereocenters. The summed E-state index contributed by atoms with van der Waals surface area (Å²) in [6, 6.07) is 4.24. The third kappa shape index (κ3) is 4.76. The Kier molecular flexibility index (Phi) is 5.63. The quantitative estimate of drug-likeness (QED) is 0.785. The van der Waals surface area contributed by atoms with Crippen LogP contribution in [0.1, 0.15) is 12.5 Å². The number of hydrogen-bond donors (Lipinski definition) is 2. The second-order valence-corrected chi connectivity index (χ2v) is 6.04. The number of nitrogens with zero attached hydrogens (tertiary/aromatic N) is 3. The fourth-order valence-corrected chi connectivity index (χ4v) is 2.77. The fourth-order valence-electron chi connectivity index (χ4n) is 2.54. The predicted octanol–water partition coefficient (Wildman–Crippen LogP) is 0.845. The van der Waals surface area contributed by atoms with Crippen LogP contribution in [0.5, 0.6) is 0 Å². The molecule has 1 aliphatic heterocycles. The van der Waals surface area contributed by atoms with Crippen LogP contribution < -0.4 is 5.73 Å². The second kappa shape index (κ2) is 7.24. The van der Waals surface area contributed by atoms with Gasteiger partial charge >= 0.3 is 0 Å². The first kappa shape index (κ1) is 14.8. The Labute approximate surface area is 121 Å². The van der Waals surface area contributed by atoms with Crippen molar-refractivity contribution in [3.8, 4) is 0 Å². The number of aromatic nitrogens is 1. The first-order chi connectivity index (χ1) is 9.15. The first-order valence-corrected chi connectivity index (χ1v) is 7.46. The van der Waals surface area contributed by atoms with Gasteiger partial charge in [0.25, 0.3) is 0 Å². The minimum Gasteiger partial charge on any atom is -0.326 e. The van der Waals surface area contributed by atoms with Gasteiger partial charge in [-0.2, -0.15) is 12.6 Å². The van der Waals surface area contributed by atoms with Crippen molar-refractivity contribution >= 4 is 12.6 Å². The van der Waals surface area contributed by atoms with Crippen LogP contribution in [0.3, 0.4) is 0 Å². The van der Waals surface area contributed by atoms with Gasteiger partial charge in [0.2, 0.25) is 0 Å². The van der Waals surface area contributed by atoms with Crippen LogP contribution in [0.25, 0.3) is 0 Å². The third-order valence-electron chi connectivity index (χ3n) is 3.65. The fraction of sp³-hybridized carbons (Fsp3) is 0.643. The molecule has 1 aromatic heterocycles. The summed E-state index contributed by atoms with van der Waals surface area (Å²) in [7, 11) is 0. The Morgan fingerprint density at radius 2 is 2.11 bits per heavy atom. The van der Waals surface area contributed by atoms with Gasteiger partial charge < -0.3 is 5.73 Å². The summed E-state index contributed by atoms with van der Waals surface area (Å²) in [5.41, 5.74) is 7.45. The molecule has 1 saturated heterocycles. The number of thiol groups is 1. The van der Waals surface area contributed by atoms with Crippen molar-refractivity contribution in [1.82, 2.24) is 14.8 Å². The SMILES string of the molecule is CC(S)N1CCN(CC(N)Cc2cccnc2)CC1. The van der Waals surface area contributed by atoms with E-state index in [1.807, 2.05) is 12.3 Å². The van der Waals surface area contributed by atoms with Crippen molar-refractivity contribution in [2.45, 2.75) is 24.8 Å². The van der Waals surface area contributed by atoms with Crippen LogP contribution in [0, 0.1) is 0 Å². The summed E-state index contributed by atoms with van der Waals surface area (Å²) in [6.45, 7) is 7.45. The molecule has 5 heteroatoms. The van der Waals surface area contributed by atoms with Crippen LogP contribution in [0.4, 0.5) is 0 Å². The standard InChI is InChI=1S/C14H24N4S/c1-12(19)18-7-5-17(6-8-18)11-14(15)9-13-3-2-4-16-10-13/h2-4,10,12,14,19H,5-9,11,15H2,1H3. The minimum absolute atomic E-state index is 0.184. The summed E-state index contributed by atoms with van der Waals surface area (Å²) in [4.78, 5) is 8.98. The molecule has 1 aliphatic rings. The zero-order valence-corrected chi connectivity index (χ0v) is 12.5. The predicted molar refractivity (Wildman–Crippen MR) is 82.4 cm³/mol. The molecule has 106 valence electrons. The van der Waals surface area contributed by atoms with E-state index in [0.29, 0.717) is 5.37 Å². The molecular formula is C14H24N4S. The highest BCUT2D eigenvalue weighted by molar-refractivity contribution is 7.80. The van der Waals surface area contributed by atoms with Gasteiger partial charge in [0.1, 0.15) is 0 Å². The molecule has 2 atom stereocenters. The van der Waals surface area contributed by atoms with Gasteiger partial charge in [0.15, 0.2) is 0 Å². The average molecular weight is 280 g/mol. The van der Waals surface area contributed by atoms with Crippen molar-refractivity contribution in [3.05, 3.63) is 30.1 Å². The molecule has 0 aliphatic carbocycles. The van der Waals surface area contributed by atoms with Gasteiger partial charge in [-0.05, 0) is 25.0 Å². The van der Waals surface area contributed by atoms with E-state index in [1.54, 1.807) is 6.20 Å². The molecule has 2 heterocycles. The van der Waals surface area contributed by atoms with E-state index in [4.69, 9.17) is 5.73 Å². The smallest absolute Gasteiger partial charge is 0.0500 e. The zero-order valence-electron chi connectivity index (χ0n) is 11.6. The maximum absolute atomic E-state index is 6.23. The summed E-state index contributed by atoms with van der Waals surface area (Å²) in [6.07, 6.45) is 4.60. The Balaban J connectivity index is 1.73. The van der Waals surface area contributed by atoms with Gasteiger partial charge in [0.05, 0.1) is 0 Å². The Bertz CT molecular complexity index is 363. The van der Waals surface area contributed by atoms with Crippen molar-refractivity contribution in [2.75, 3.05) is 32.7 Å². The summed E-state index contributed by atoms with van der Waals surface area (Å²) < 4.78 is 0. The van der Waals surface area contributed by atoms with E-state index in [9.17, 15) is 0 Å². The van der Waals surface area contributed by atoms with E-state index in [-0.39, 0.29) is 6.04 Å². The van der Waals surface area contributed by atoms with E-state index >= 15 is 0 Å². The maximum Gasteiger partial charge on any atom is 0.0500 e. The highest BCUT2D eigenvalue weighted by Crippen LogP contribution is 2.09. The maximum atomic E-state index is 6.23. The normalized spacial score (nSPS) is 21.2. The zero-order chi connectivity index (χ0) is 13.7. The van der Waals surface area contributed by atoms with Gasteiger partial charge in [-0.1, -0.05) is 6.07 Å². The van der Waals surface area contributed by atoms with E-state index in [0.717, 1.165) is 39.1 Å². The lowest BCUT2D eigenvalue weighted by molar-refractivity contribution is 0.123. The molecule has 1 aromatic rings. The summed E-state index contributed by atoms with van der Waals surface area (Å²) in [5.74, 6) is 0. The lowest BCUT2D eigenvalue weighted by Gasteiger charge is -2.37. The molecule has 0 spiro atoms. The summed E-state index contributed by atoms with van der Waals surface area (Å²) >= 11 is 4.48. The Morgan fingerprint density at radius 1 is 1.37 bits per heavy atom. The topological polar surface area (TPSA) is 45.4 Å². The van der Waals surface area contributed by atoms with E-state index in [1.165, 1.54) is 5.56 Å². The van der Waals surface area contributed by atoms with Gasteiger partial charge in [-0.25, -0.2) is 0 Å². The second-order valence-electron chi connectivity index (χ2n) is 5.29. The number of rotatable bonds is 5. The van der Waals surface area contributed by atoms with Gasteiger partial charge in [0, 0.05) is 56.5 Å². The molecule has 0 saturated carbocycles. The molecule has 0 radical (unpaired) electrons. The van der Waals surface area contributed by atoms with Crippen molar-refractivity contribution in [2.24, 2.45) is 5.73 Å². The van der Waals surface area contributed by atoms with Crippen LogP contribution in [0.2, 0.25) is 0 Å². The molecule has 0 amide bonds. The number of hydrogen-bond acceptors (Lipinski definition) is 5. The van der Waals surface area contributed by atoms with E-state index < -0.39 is 0 Å². The lowest BCUT2D eigenvalue weighted by Crippen LogP contribution is -2.51. The average Bonchev–Trinajstić information content (AvgIpc) is 2.40. The molecule has 1 fully saturated rings. The molecule has 19 heavy (non-hydrogen) atoms. The molecule has 0 aromatic carbocycles. The largest absolute Gasteiger partial charge is 0.326 e. The number of pyridine rings is 1. The highest BCUT2D eigenvalue weighted by atomic mass is 32.1. The molecule has 4 nitrogen and oxygen atoms in total. The van der Waals surface area contributed by atoms with Crippen molar-refractivity contribution in [1.29, 1.82) is 0 Å². The number of nitrogens with two attached hydrogens (primary N) is 1. The monoisotopic (exact) mass is 280 g/mol. The van der Waals surface area contributed by atoms with Gasteiger partial charge in [-0.3, -0.25) is 14.8 Å². The molecule has 0 bridgehead atoms. The van der Waals surface area contributed by atoms with Crippen molar-refractivity contribution < 1.29 is 0 Å². The van der Waals surface area contributed by atoms with E-state index in [2.05, 4.69) is 40.4 Å². The lowest BCUT2D eigenvalue weighted by atomic mass is 10.1. The summed E-state index contributed by atoms with van der Waals surface area (Å²) in [5, 5.41) is 0.353. The van der Waals surface area contributed by atoms with Crippen LogP contribution in [-0.2, 0) is 6.42 Å². The first-order valence-electron chi connectivity index (χ1n) is 6.94. The number of piperazine rings is 1. The van der Waals surface area contributed by atoms with Crippen LogP contribution in [0.15, 0.2) is 24.5 Å². The Morgan fingerprint density at radius 3 is 2.68 bits per heavy atom. The molecule has 2 N–H and O–H groups in total. The third-order valence-corrected chi connectivity index (χ3v) is 3.98. The van der Waals surface area contributed by atoms with Crippen LogP contribution >= 0.6 is 12.6 Å². The minimum atomic E-state index is 0.184. The Hall–Kier alpha value is -0.620. The van der Waals surface area contributed by atoms with Crippen molar-refractivity contribution in [3.63, 3.8) is 0 Å². The highest BCUT2D eigenvalue weighted by Gasteiger charge is 2.20.